The maximum Gasteiger partial charge on any atom is 0.182 e. The summed E-state index contributed by atoms with van der Waals surface area (Å²) in [5.41, 5.74) is 9.19. The number of nitrogen functional groups attached to an aromatic ring is 1. The van der Waals surface area contributed by atoms with Crippen LogP contribution in [-0.4, -0.2) is 19.7 Å². The van der Waals surface area contributed by atoms with Crippen molar-refractivity contribution in [1.29, 1.82) is 0 Å². The van der Waals surface area contributed by atoms with E-state index in [1.165, 1.54) is 6.33 Å². The average Bonchev–Trinajstić information content (AvgIpc) is 2.82. The molecule has 0 amide bonds. The Hall–Kier alpha value is -2.60. The van der Waals surface area contributed by atoms with Gasteiger partial charge in [-0.1, -0.05) is 23.7 Å². The van der Waals surface area contributed by atoms with Gasteiger partial charge in [-0.3, -0.25) is 0 Å². The third kappa shape index (κ3) is 2.60. The van der Waals surface area contributed by atoms with Gasteiger partial charge in [0, 0.05) is 5.69 Å². The standard InChI is InChI=1S/C15H15ClN6/c1-9-7-10(2)22(21-9)15-13(17)14(18-8-19-15)20-12-6-4-3-5-11(12)16/h3-8H,17H2,1-2H3,(H,18,19,20). The first-order chi connectivity index (χ1) is 10.6. The number of aryl methyl sites for hydroxylation is 2. The molecule has 22 heavy (non-hydrogen) atoms. The van der Waals surface area contributed by atoms with E-state index in [0.29, 0.717) is 22.3 Å². The van der Waals surface area contributed by atoms with Gasteiger partial charge in [0.15, 0.2) is 11.6 Å². The topological polar surface area (TPSA) is 81.7 Å². The molecule has 2 aromatic heterocycles. The lowest BCUT2D eigenvalue weighted by Gasteiger charge is -2.12. The molecule has 3 aromatic rings. The van der Waals surface area contributed by atoms with Gasteiger partial charge in [-0.2, -0.15) is 5.10 Å². The lowest BCUT2D eigenvalue weighted by Crippen LogP contribution is -2.09. The Balaban J connectivity index is 2.03. The molecule has 0 aliphatic heterocycles. The number of hydrogen-bond acceptors (Lipinski definition) is 5. The van der Waals surface area contributed by atoms with Crippen LogP contribution in [0.1, 0.15) is 11.4 Å². The molecule has 0 aliphatic rings. The molecule has 0 unspecified atom stereocenters. The number of para-hydroxylation sites is 1. The van der Waals surface area contributed by atoms with Crippen LogP contribution >= 0.6 is 11.6 Å². The second-order valence-corrected chi connectivity index (χ2v) is 5.31. The number of benzene rings is 1. The lowest BCUT2D eigenvalue weighted by atomic mass is 10.3. The van der Waals surface area contributed by atoms with Crippen LogP contribution in [0, 0.1) is 13.8 Å². The first-order valence-corrected chi connectivity index (χ1v) is 7.09. The highest BCUT2D eigenvalue weighted by atomic mass is 35.5. The SMILES string of the molecule is Cc1cc(C)n(-c2ncnc(Nc3ccccc3Cl)c2N)n1. The van der Waals surface area contributed by atoms with E-state index in [9.17, 15) is 0 Å². The zero-order chi connectivity index (χ0) is 15.7. The molecule has 3 N–H and O–H groups in total. The van der Waals surface area contributed by atoms with Gasteiger partial charge in [-0.15, -0.1) is 0 Å². The molecule has 0 saturated carbocycles. The largest absolute Gasteiger partial charge is 0.393 e. The van der Waals surface area contributed by atoms with Gasteiger partial charge in [-0.05, 0) is 32.0 Å². The molecule has 0 aliphatic carbocycles. The smallest absolute Gasteiger partial charge is 0.182 e. The minimum atomic E-state index is 0.411. The Kier molecular flexibility index (Phi) is 3.68. The number of aromatic nitrogens is 4. The van der Waals surface area contributed by atoms with Crippen molar-refractivity contribution in [2.24, 2.45) is 0 Å². The molecule has 0 saturated heterocycles. The molecular formula is C15H15ClN6. The van der Waals surface area contributed by atoms with E-state index in [0.717, 1.165) is 17.1 Å². The number of anilines is 3. The summed E-state index contributed by atoms with van der Waals surface area (Å²) in [7, 11) is 0. The van der Waals surface area contributed by atoms with Crippen LogP contribution in [0.15, 0.2) is 36.7 Å². The first kappa shape index (κ1) is 14.3. The molecule has 1 aromatic carbocycles. The molecule has 0 fully saturated rings. The van der Waals surface area contributed by atoms with Gasteiger partial charge in [0.05, 0.1) is 16.4 Å². The minimum Gasteiger partial charge on any atom is -0.393 e. The van der Waals surface area contributed by atoms with Gasteiger partial charge in [0.2, 0.25) is 0 Å². The number of nitrogens with two attached hydrogens (primary N) is 1. The molecule has 2 heterocycles. The van der Waals surface area contributed by atoms with Crippen molar-refractivity contribution in [3.8, 4) is 5.82 Å². The summed E-state index contributed by atoms with van der Waals surface area (Å²) in [6, 6.07) is 9.35. The van der Waals surface area contributed by atoms with E-state index >= 15 is 0 Å². The molecule has 3 rings (SSSR count). The van der Waals surface area contributed by atoms with Crippen LogP contribution in [-0.2, 0) is 0 Å². The van der Waals surface area contributed by atoms with Crippen molar-refractivity contribution in [2.45, 2.75) is 13.8 Å². The number of nitrogens with one attached hydrogen (secondary N) is 1. The van der Waals surface area contributed by atoms with Crippen molar-refractivity contribution in [1.82, 2.24) is 19.7 Å². The van der Waals surface area contributed by atoms with Crippen LogP contribution in [0.3, 0.4) is 0 Å². The van der Waals surface area contributed by atoms with Crippen LogP contribution < -0.4 is 11.1 Å². The Morgan fingerprint density at radius 2 is 1.95 bits per heavy atom. The highest BCUT2D eigenvalue weighted by Crippen LogP contribution is 2.29. The summed E-state index contributed by atoms with van der Waals surface area (Å²) in [5, 5.41) is 8.12. The molecule has 0 spiro atoms. The monoisotopic (exact) mass is 314 g/mol. The molecular weight excluding hydrogens is 300 g/mol. The molecule has 7 heteroatoms. The van der Waals surface area contributed by atoms with Crippen molar-refractivity contribution >= 4 is 28.8 Å². The van der Waals surface area contributed by atoms with Crippen LogP contribution in [0.25, 0.3) is 5.82 Å². The van der Waals surface area contributed by atoms with E-state index in [1.54, 1.807) is 10.7 Å². The minimum absolute atomic E-state index is 0.411. The molecule has 6 nitrogen and oxygen atoms in total. The Labute approximate surface area is 133 Å². The zero-order valence-electron chi connectivity index (χ0n) is 12.2. The van der Waals surface area contributed by atoms with Gasteiger partial charge >= 0.3 is 0 Å². The van der Waals surface area contributed by atoms with Crippen molar-refractivity contribution in [3.63, 3.8) is 0 Å². The van der Waals surface area contributed by atoms with E-state index in [4.69, 9.17) is 17.3 Å². The summed E-state index contributed by atoms with van der Waals surface area (Å²) in [6.07, 6.45) is 1.45. The summed E-state index contributed by atoms with van der Waals surface area (Å²) in [6.45, 7) is 3.87. The van der Waals surface area contributed by atoms with E-state index < -0.39 is 0 Å². The quantitative estimate of drug-likeness (QED) is 0.775. The van der Waals surface area contributed by atoms with Crippen LogP contribution in [0.4, 0.5) is 17.2 Å². The Morgan fingerprint density at radius 1 is 1.18 bits per heavy atom. The third-order valence-corrected chi connectivity index (χ3v) is 3.53. The normalized spacial score (nSPS) is 10.7. The van der Waals surface area contributed by atoms with Crippen LogP contribution in [0.5, 0.6) is 0 Å². The Bertz CT molecular complexity index is 827. The van der Waals surface area contributed by atoms with Crippen molar-refractivity contribution in [2.75, 3.05) is 11.1 Å². The lowest BCUT2D eigenvalue weighted by molar-refractivity contribution is 0.804. The second kappa shape index (κ2) is 5.65. The molecule has 0 bridgehead atoms. The van der Waals surface area contributed by atoms with Crippen molar-refractivity contribution in [3.05, 3.63) is 53.1 Å². The number of rotatable bonds is 3. The maximum atomic E-state index is 6.20. The van der Waals surface area contributed by atoms with Gasteiger partial charge < -0.3 is 11.1 Å². The first-order valence-electron chi connectivity index (χ1n) is 6.72. The predicted molar refractivity (Wildman–Crippen MR) is 87.8 cm³/mol. The summed E-state index contributed by atoms with van der Waals surface area (Å²) in [5.74, 6) is 1.03. The average molecular weight is 315 g/mol. The van der Waals surface area contributed by atoms with Gasteiger partial charge in [0.25, 0.3) is 0 Å². The third-order valence-electron chi connectivity index (χ3n) is 3.20. The van der Waals surface area contributed by atoms with E-state index in [-0.39, 0.29) is 0 Å². The number of nitrogens with zero attached hydrogens (tertiary/aromatic N) is 4. The summed E-state index contributed by atoms with van der Waals surface area (Å²) in [4.78, 5) is 8.43. The Morgan fingerprint density at radius 3 is 2.64 bits per heavy atom. The van der Waals surface area contributed by atoms with E-state index in [1.807, 2.05) is 38.1 Å². The fraction of sp³-hybridized carbons (Fsp3) is 0.133. The van der Waals surface area contributed by atoms with Crippen molar-refractivity contribution < 1.29 is 0 Å². The second-order valence-electron chi connectivity index (χ2n) is 4.90. The number of hydrogen-bond donors (Lipinski definition) is 2. The maximum absolute atomic E-state index is 6.20. The highest BCUT2D eigenvalue weighted by Gasteiger charge is 2.13. The predicted octanol–water partition coefficient (Wildman–Crippen LogP) is 3.26. The molecule has 0 radical (unpaired) electrons. The molecule has 0 atom stereocenters. The highest BCUT2D eigenvalue weighted by molar-refractivity contribution is 6.33. The van der Waals surface area contributed by atoms with Gasteiger partial charge in [0.1, 0.15) is 12.0 Å². The molecule has 112 valence electrons. The summed E-state index contributed by atoms with van der Waals surface area (Å²) >= 11 is 6.15. The van der Waals surface area contributed by atoms with E-state index in [2.05, 4.69) is 20.4 Å². The fourth-order valence-corrected chi connectivity index (χ4v) is 2.37. The number of halogens is 1. The van der Waals surface area contributed by atoms with Crippen LogP contribution in [0.2, 0.25) is 5.02 Å². The zero-order valence-corrected chi connectivity index (χ0v) is 13.0. The summed E-state index contributed by atoms with van der Waals surface area (Å²) < 4.78 is 1.70. The van der Waals surface area contributed by atoms with Gasteiger partial charge in [-0.25, -0.2) is 14.6 Å². The fourth-order valence-electron chi connectivity index (χ4n) is 2.19.